The Hall–Kier alpha value is -3.36. The highest BCUT2D eigenvalue weighted by atomic mass is 19.4. The Morgan fingerprint density at radius 3 is 2.67 bits per heavy atom. The molecule has 3 rings (SSSR count). The van der Waals surface area contributed by atoms with E-state index in [4.69, 9.17) is 4.42 Å². The van der Waals surface area contributed by atoms with Gasteiger partial charge >= 0.3 is 6.18 Å². The molecule has 0 unspecified atom stereocenters. The first-order valence-corrected chi connectivity index (χ1v) is 7.92. The van der Waals surface area contributed by atoms with Crippen molar-refractivity contribution in [2.45, 2.75) is 19.6 Å². The van der Waals surface area contributed by atoms with E-state index in [1.807, 2.05) is 0 Å². The van der Waals surface area contributed by atoms with Crippen LogP contribution in [0.3, 0.4) is 0 Å². The highest BCUT2D eigenvalue weighted by Gasteiger charge is 2.30. The van der Waals surface area contributed by atoms with Gasteiger partial charge in [-0.1, -0.05) is 6.07 Å². The first kappa shape index (κ1) is 18.4. The quantitative estimate of drug-likeness (QED) is 0.695. The van der Waals surface area contributed by atoms with Crippen LogP contribution < -0.4 is 10.6 Å². The standard InChI is InChI=1S/C18H15F3N4O2/c1-11-8-15(25-17(23-11)22-10-14-6-3-7-27-14)16(26)24-13-5-2-4-12(9-13)18(19,20)21/h2-9H,10H2,1H3,(H,24,26)(H,22,23,25). The molecule has 0 saturated carbocycles. The summed E-state index contributed by atoms with van der Waals surface area (Å²) in [5.41, 5.74) is -0.265. The van der Waals surface area contributed by atoms with E-state index in [2.05, 4.69) is 20.6 Å². The summed E-state index contributed by atoms with van der Waals surface area (Å²) in [7, 11) is 0. The van der Waals surface area contributed by atoms with E-state index in [9.17, 15) is 18.0 Å². The monoisotopic (exact) mass is 376 g/mol. The molecule has 0 aliphatic carbocycles. The van der Waals surface area contributed by atoms with Gasteiger partial charge in [0.15, 0.2) is 0 Å². The first-order chi connectivity index (χ1) is 12.8. The average molecular weight is 376 g/mol. The molecule has 2 aromatic heterocycles. The van der Waals surface area contributed by atoms with Gasteiger partial charge in [0.1, 0.15) is 11.5 Å². The lowest BCUT2D eigenvalue weighted by molar-refractivity contribution is -0.137. The molecule has 1 amide bonds. The van der Waals surface area contributed by atoms with Gasteiger partial charge in [0.2, 0.25) is 5.95 Å². The number of carbonyl (C=O) groups is 1. The van der Waals surface area contributed by atoms with Gasteiger partial charge < -0.3 is 15.1 Å². The van der Waals surface area contributed by atoms with E-state index < -0.39 is 17.6 Å². The van der Waals surface area contributed by atoms with Crippen molar-refractivity contribution in [3.63, 3.8) is 0 Å². The zero-order valence-corrected chi connectivity index (χ0v) is 14.2. The molecule has 2 N–H and O–H groups in total. The molecule has 27 heavy (non-hydrogen) atoms. The minimum Gasteiger partial charge on any atom is -0.467 e. The lowest BCUT2D eigenvalue weighted by Gasteiger charge is -2.10. The number of hydrogen-bond donors (Lipinski definition) is 2. The molecule has 0 radical (unpaired) electrons. The lowest BCUT2D eigenvalue weighted by atomic mass is 10.2. The van der Waals surface area contributed by atoms with Crippen molar-refractivity contribution < 1.29 is 22.4 Å². The summed E-state index contributed by atoms with van der Waals surface area (Å²) in [6.07, 6.45) is -2.96. The Morgan fingerprint density at radius 2 is 1.96 bits per heavy atom. The summed E-state index contributed by atoms with van der Waals surface area (Å²) in [6.45, 7) is 2.01. The fraction of sp³-hybridized carbons (Fsp3) is 0.167. The minimum absolute atomic E-state index is 0.0242. The number of amides is 1. The van der Waals surface area contributed by atoms with Crippen molar-refractivity contribution >= 4 is 17.5 Å². The first-order valence-electron chi connectivity index (χ1n) is 7.92. The number of aryl methyl sites for hydroxylation is 1. The van der Waals surface area contributed by atoms with Gasteiger partial charge in [-0.15, -0.1) is 0 Å². The summed E-state index contributed by atoms with van der Waals surface area (Å²) in [5, 5.41) is 5.35. The molecule has 0 aliphatic rings. The number of carbonyl (C=O) groups excluding carboxylic acids is 1. The van der Waals surface area contributed by atoms with E-state index in [0.717, 1.165) is 12.1 Å². The molecule has 1 aromatic carbocycles. The van der Waals surface area contributed by atoms with Gasteiger partial charge in [-0.2, -0.15) is 13.2 Å². The van der Waals surface area contributed by atoms with Crippen molar-refractivity contribution in [1.29, 1.82) is 0 Å². The van der Waals surface area contributed by atoms with Gasteiger partial charge in [-0.05, 0) is 43.3 Å². The summed E-state index contributed by atoms with van der Waals surface area (Å²) in [6, 6.07) is 9.34. The topological polar surface area (TPSA) is 80.0 Å². The normalized spacial score (nSPS) is 11.3. The Balaban J connectivity index is 1.74. The van der Waals surface area contributed by atoms with Gasteiger partial charge in [-0.25, -0.2) is 9.97 Å². The third-order valence-corrected chi connectivity index (χ3v) is 3.54. The smallest absolute Gasteiger partial charge is 0.416 e. The van der Waals surface area contributed by atoms with Crippen molar-refractivity contribution in [3.05, 3.63) is 71.4 Å². The van der Waals surface area contributed by atoms with E-state index in [0.29, 0.717) is 18.0 Å². The van der Waals surface area contributed by atoms with Crippen LogP contribution in [0.5, 0.6) is 0 Å². The number of hydrogen-bond acceptors (Lipinski definition) is 5. The highest BCUT2D eigenvalue weighted by Crippen LogP contribution is 2.30. The van der Waals surface area contributed by atoms with Crippen LogP contribution in [-0.2, 0) is 12.7 Å². The molecule has 9 heteroatoms. The Morgan fingerprint density at radius 1 is 1.15 bits per heavy atom. The number of anilines is 2. The Labute approximate surface area is 152 Å². The molecular weight excluding hydrogens is 361 g/mol. The molecule has 2 heterocycles. The van der Waals surface area contributed by atoms with Crippen LogP contribution in [0.2, 0.25) is 0 Å². The fourth-order valence-corrected chi connectivity index (χ4v) is 2.31. The van der Waals surface area contributed by atoms with Crippen molar-refractivity contribution in [2.75, 3.05) is 10.6 Å². The predicted molar refractivity (Wildman–Crippen MR) is 92.2 cm³/mol. The summed E-state index contributed by atoms with van der Waals surface area (Å²) < 4.78 is 43.6. The number of nitrogens with zero attached hydrogens (tertiary/aromatic N) is 2. The van der Waals surface area contributed by atoms with E-state index in [1.165, 1.54) is 24.5 Å². The number of benzene rings is 1. The lowest BCUT2D eigenvalue weighted by Crippen LogP contribution is -2.16. The maximum Gasteiger partial charge on any atom is 0.416 e. The van der Waals surface area contributed by atoms with Gasteiger partial charge in [-0.3, -0.25) is 4.79 Å². The number of halogens is 3. The van der Waals surface area contributed by atoms with Crippen molar-refractivity contribution in [1.82, 2.24) is 9.97 Å². The van der Waals surface area contributed by atoms with Crippen LogP contribution in [0.25, 0.3) is 0 Å². The minimum atomic E-state index is -4.49. The van der Waals surface area contributed by atoms with Crippen LogP contribution >= 0.6 is 0 Å². The average Bonchev–Trinajstić information content (AvgIpc) is 3.12. The SMILES string of the molecule is Cc1cc(C(=O)Nc2cccc(C(F)(F)F)c2)nc(NCc2ccco2)n1. The van der Waals surface area contributed by atoms with E-state index >= 15 is 0 Å². The Bertz CT molecular complexity index is 940. The number of aromatic nitrogens is 2. The third kappa shape index (κ3) is 4.84. The largest absolute Gasteiger partial charge is 0.467 e. The zero-order chi connectivity index (χ0) is 19.4. The molecule has 0 bridgehead atoms. The molecule has 0 aliphatic heterocycles. The molecule has 140 valence electrons. The summed E-state index contributed by atoms with van der Waals surface area (Å²) >= 11 is 0. The molecule has 0 spiro atoms. The maximum absolute atomic E-state index is 12.8. The third-order valence-electron chi connectivity index (χ3n) is 3.54. The van der Waals surface area contributed by atoms with Crippen LogP contribution in [0.4, 0.5) is 24.8 Å². The number of nitrogens with one attached hydrogen (secondary N) is 2. The van der Waals surface area contributed by atoms with Crippen LogP contribution in [0, 0.1) is 6.92 Å². The molecule has 0 fully saturated rings. The second-order valence-electron chi connectivity index (χ2n) is 5.68. The molecule has 0 atom stereocenters. The molecular formula is C18H15F3N4O2. The van der Waals surface area contributed by atoms with Crippen molar-refractivity contribution in [3.8, 4) is 0 Å². The molecule has 3 aromatic rings. The van der Waals surface area contributed by atoms with Crippen LogP contribution in [0.15, 0.2) is 53.1 Å². The fourth-order valence-electron chi connectivity index (χ4n) is 2.31. The number of alkyl halides is 3. The van der Waals surface area contributed by atoms with Crippen LogP contribution in [0.1, 0.15) is 27.5 Å². The second kappa shape index (κ2) is 7.48. The second-order valence-corrected chi connectivity index (χ2v) is 5.68. The number of furan rings is 1. The predicted octanol–water partition coefficient (Wildman–Crippen LogP) is 4.26. The molecule has 0 saturated heterocycles. The van der Waals surface area contributed by atoms with Crippen molar-refractivity contribution in [2.24, 2.45) is 0 Å². The maximum atomic E-state index is 12.8. The Kier molecular flexibility index (Phi) is 5.11. The molecule has 6 nitrogen and oxygen atoms in total. The summed E-state index contributed by atoms with van der Waals surface area (Å²) in [4.78, 5) is 20.7. The van der Waals surface area contributed by atoms with E-state index in [-0.39, 0.29) is 17.3 Å². The van der Waals surface area contributed by atoms with E-state index in [1.54, 1.807) is 19.1 Å². The van der Waals surface area contributed by atoms with Gasteiger partial charge in [0.25, 0.3) is 5.91 Å². The van der Waals surface area contributed by atoms with Gasteiger partial charge in [0, 0.05) is 11.4 Å². The van der Waals surface area contributed by atoms with Gasteiger partial charge in [0.05, 0.1) is 18.4 Å². The zero-order valence-electron chi connectivity index (χ0n) is 14.2. The van der Waals surface area contributed by atoms with Crippen LogP contribution in [-0.4, -0.2) is 15.9 Å². The summed E-state index contributed by atoms with van der Waals surface area (Å²) in [5.74, 6) is 0.233. The highest BCUT2D eigenvalue weighted by molar-refractivity contribution is 6.03. The number of rotatable bonds is 5.